The molecule has 0 atom stereocenters. The van der Waals surface area contributed by atoms with Crippen LogP contribution in [-0.4, -0.2) is 50.3 Å². The van der Waals surface area contributed by atoms with Gasteiger partial charge in [0.05, 0.1) is 12.1 Å². The van der Waals surface area contributed by atoms with E-state index in [0.717, 1.165) is 18.2 Å². The van der Waals surface area contributed by atoms with Crippen molar-refractivity contribution in [2.24, 2.45) is 0 Å². The van der Waals surface area contributed by atoms with Crippen LogP contribution in [0.1, 0.15) is 13.8 Å². The summed E-state index contributed by atoms with van der Waals surface area (Å²) in [5.74, 6) is 0.576. The fourth-order valence-electron chi connectivity index (χ4n) is 0.899. The molecule has 0 amide bonds. The number of thioether (sulfide) groups is 1. The molecule has 6 nitrogen and oxygen atoms in total. The van der Waals surface area contributed by atoms with Crippen LogP contribution < -0.4 is 5.32 Å². The summed E-state index contributed by atoms with van der Waals surface area (Å²) in [6.07, 6.45) is 0. The SMILES string of the molecule is CNCCn1nnnc1SCC(C)(C)O. The molecular formula is C8H17N5OS. The lowest BCUT2D eigenvalue weighted by Gasteiger charge is -2.15. The van der Waals surface area contributed by atoms with E-state index in [1.54, 1.807) is 18.5 Å². The molecular weight excluding hydrogens is 214 g/mol. The van der Waals surface area contributed by atoms with Crippen LogP contribution in [0.5, 0.6) is 0 Å². The molecule has 0 aromatic carbocycles. The summed E-state index contributed by atoms with van der Waals surface area (Å²) in [5, 5.41) is 24.7. The summed E-state index contributed by atoms with van der Waals surface area (Å²) in [7, 11) is 1.88. The predicted molar refractivity (Wildman–Crippen MR) is 58.8 cm³/mol. The number of tetrazole rings is 1. The van der Waals surface area contributed by atoms with E-state index in [1.165, 1.54) is 11.8 Å². The van der Waals surface area contributed by atoms with Gasteiger partial charge in [0.1, 0.15) is 0 Å². The van der Waals surface area contributed by atoms with Crippen LogP contribution >= 0.6 is 11.8 Å². The fraction of sp³-hybridized carbons (Fsp3) is 0.875. The van der Waals surface area contributed by atoms with Crippen molar-refractivity contribution in [1.82, 2.24) is 25.5 Å². The average Bonchev–Trinajstić information content (AvgIpc) is 2.57. The van der Waals surface area contributed by atoms with Crippen molar-refractivity contribution in [2.45, 2.75) is 31.1 Å². The van der Waals surface area contributed by atoms with Gasteiger partial charge in [0, 0.05) is 12.3 Å². The minimum Gasteiger partial charge on any atom is -0.390 e. The van der Waals surface area contributed by atoms with Crippen LogP contribution in [0.3, 0.4) is 0 Å². The van der Waals surface area contributed by atoms with Crippen LogP contribution in [0, 0.1) is 0 Å². The highest BCUT2D eigenvalue weighted by molar-refractivity contribution is 7.99. The Labute approximate surface area is 93.4 Å². The van der Waals surface area contributed by atoms with Crippen molar-refractivity contribution in [3.63, 3.8) is 0 Å². The molecule has 0 fully saturated rings. The molecule has 0 saturated heterocycles. The number of aliphatic hydroxyl groups is 1. The first-order chi connectivity index (χ1) is 7.03. The lowest BCUT2D eigenvalue weighted by Crippen LogP contribution is -2.22. The van der Waals surface area contributed by atoms with Gasteiger partial charge in [-0.1, -0.05) is 11.8 Å². The maximum Gasteiger partial charge on any atom is 0.209 e. The number of nitrogens with one attached hydrogen (secondary N) is 1. The van der Waals surface area contributed by atoms with E-state index >= 15 is 0 Å². The third-order valence-corrected chi connectivity index (χ3v) is 3.03. The Hall–Kier alpha value is -0.660. The largest absolute Gasteiger partial charge is 0.390 e. The number of hydrogen-bond donors (Lipinski definition) is 2. The van der Waals surface area contributed by atoms with Crippen LogP contribution in [0.25, 0.3) is 0 Å². The highest BCUT2D eigenvalue weighted by Crippen LogP contribution is 2.19. The van der Waals surface area contributed by atoms with Crippen molar-refractivity contribution in [2.75, 3.05) is 19.3 Å². The van der Waals surface area contributed by atoms with Gasteiger partial charge in [-0.3, -0.25) is 0 Å². The number of likely N-dealkylation sites (N-methyl/N-ethyl adjacent to an activating group) is 1. The Bertz CT molecular complexity index is 295. The molecule has 0 radical (unpaired) electrons. The monoisotopic (exact) mass is 231 g/mol. The molecule has 2 N–H and O–H groups in total. The Balaban J connectivity index is 2.50. The van der Waals surface area contributed by atoms with E-state index in [1.807, 2.05) is 7.05 Å². The smallest absolute Gasteiger partial charge is 0.209 e. The molecule has 0 aliphatic carbocycles. The third-order valence-electron chi connectivity index (χ3n) is 1.63. The van der Waals surface area contributed by atoms with Gasteiger partial charge in [-0.05, 0) is 31.3 Å². The molecule has 7 heteroatoms. The van der Waals surface area contributed by atoms with Crippen molar-refractivity contribution in [3.8, 4) is 0 Å². The molecule has 0 aliphatic rings. The van der Waals surface area contributed by atoms with Gasteiger partial charge in [-0.25, -0.2) is 4.68 Å². The zero-order chi connectivity index (χ0) is 11.3. The lowest BCUT2D eigenvalue weighted by atomic mass is 10.2. The number of rotatable bonds is 6. The van der Waals surface area contributed by atoms with Gasteiger partial charge >= 0.3 is 0 Å². The minimum absolute atomic E-state index is 0.576. The van der Waals surface area contributed by atoms with Crippen LogP contribution in [0.2, 0.25) is 0 Å². The second-order valence-electron chi connectivity index (χ2n) is 3.89. The molecule has 0 spiro atoms. The number of hydrogen-bond acceptors (Lipinski definition) is 6. The molecule has 15 heavy (non-hydrogen) atoms. The highest BCUT2D eigenvalue weighted by Gasteiger charge is 2.15. The summed E-state index contributed by atoms with van der Waals surface area (Å²) in [6.45, 7) is 5.09. The average molecular weight is 231 g/mol. The molecule has 0 unspecified atom stereocenters. The van der Waals surface area contributed by atoms with Gasteiger partial charge < -0.3 is 10.4 Å². The maximum absolute atomic E-state index is 9.57. The van der Waals surface area contributed by atoms with E-state index in [9.17, 15) is 5.11 Å². The first-order valence-electron chi connectivity index (χ1n) is 4.79. The molecule has 0 saturated carbocycles. The maximum atomic E-state index is 9.57. The Kier molecular flexibility index (Phi) is 4.49. The van der Waals surface area contributed by atoms with Gasteiger partial charge in [0.25, 0.3) is 0 Å². The van der Waals surface area contributed by atoms with E-state index in [0.29, 0.717) is 5.75 Å². The van der Waals surface area contributed by atoms with Crippen LogP contribution in [0.4, 0.5) is 0 Å². The van der Waals surface area contributed by atoms with Crippen molar-refractivity contribution >= 4 is 11.8 Å². The van der Waals surface area contributed by atoms with Gasteiger partial charge in [-0.15, -0.1) is 5.10 Å². The summed E-state index contributed by atoms with van der Waals surface area (Å²) >= 11 is 1.46. The first-order valence-corrected chi connectivity index (χ1v) is 5.77. The quantitative estimate of drug-likeness (QED) is 0.658. The van der Waals surface area contributed by atoms with Gasteiger partial charge in [0.2, 0.25) is 5.16 Å². The first kappa shape index (κ1) is 12.4. The van der Waals surface area contributed by atoms with Crippen molar-refractivity contribution in [3.05, 3.63) is 0 Å². The van der Waals surface area contributed by atoms with E-state index in [4.69, 9.17) is 0 Å². The Morgan fingerprint density at radius 2 is 2.27 bits per heavy atom. The molecule has 86 valence electrons. The molecule has 1 aromatic heterocycles. The molecule has 1 rings (SSSR count). The van der Waals surface area contributed by atoms with E-state index in [-0.39, 0.29) is 0 Å². The third kappa shape index (κ3) is 4.59. The zero-order valence-electron chi connectivity index (χ0n) is 9.27. The summed E-state index contributed by atoms with van der Waals surface area (Å²) < 4.78 is 1.73. The van der Waals surface area contributed by atoms with Gasteiger partial charge in [0.15, 0.2) is 0 Å². The summed E-state index contributed by atoms with van der Waals surface area (Å²) in [4.78, 5) is 0. The van der Waals surface area contributed by atoms with E-state index in [2.05, 4.69) is 20.8 Å². The fourth-order valence-corrected chi connectivity index (χ4v) is 1.75. The van der Waals surface area contributed by atoms with Crippen molar-refractivity contribution < 1.29 is 5.11 Å². The Morgan fingerprint density at radius 3 is 2.87 bits per heavy atom. The topological polar surface area (TPSA) is 75.9 Å². The second-order valence-corrected chi connectivity index (χ2v) is 4.83. The van der Waals surface area contributed by atoms with Crippen LogP contribution in [0.15, 0.2) is 5.16 Å². The second kappa shape index (κ2) is 5.43. The van der Waals surface area contributed by atoms with Crippen LogP contribution in [-0.2, 0) is 6.54 Å². The van der Waals surface area contributed by atoms with E-state index < -0.39 is 5.60 Å². The zero-order valence-corrected chi connectivity index (χ0v) is 10.1. The standard InChI is InChI=1S/C8H17N5OS/c1-8(2,14)6-15-7-10-11-12-13(7)5-4-9-3/h9,14H,4-6H2,1-3H3. The highest BCUT2D eigenvalue weighted by atomic mass is 32.2. The predicted octanol–water partition coefficient (Wildman–Crippen LogP) is -0.245. The molecule has 0 aliphatic heterocycles. The summed E-state index contributed by atoms with van der Waals surface area (Å²) in [6, 6.07) is 0. The molecule has 0 bridgehead atoms. The number of nitrogens with zero attached hydrogens (tertiary/aromatic N) is 4. The van der Waals surface area contributed by atoms with Gasteiger partial charge in [-0.2, -0.15) is 0 Å². The van der Waals surface area contributed by atoms with Crippen molar-refractivity contribution in [1.29, 1.82) is 0 Å². The lowest BCUT2D eigenvalue weighted by molar-refractivity contribution is 0.107. The molecule has 1 aromatic rings. The number of aromatic nitrogens is 4. The molecule has 1 heterocycles. The minimum atomic E-state index is -0.704. The normalized spacial score (nSPS) is 12.0. The Morgan fingerprint density at radius 1 is 1.53 bits per heavy atom. The summed E-state index contributed by atoms with van der Waals surface area (Å²) in [5.41, 5.74) is -0.704.